The van der Waals surface area contributed by atoms with Crippen molar-refractivity contribution in [3.05, 3.63) is 33.6 Å². The SMILES string of the molecule is CC(=O)c1cccc2sc(Br)cc12. The van der Waals surface area contributed by atoms with Crippen molar-refractivity contribution in [3.63, 3.8) is 0 Å². The molecule has 0 atom stereocenters. The summed E-state index contributed by atoms with van der Waals surface area (Å²) in [6, 6.07) is 7.81. The van der Waals surface area contributed by atoms with Gasteiger partial charge in [0.1, 0.15) is 0 Å². The summed E-state index contributed by atoms with van der Waals surface area (Å²) < 4.78 is 2.22. The molecular formula is C10H7BrOS. The van der Waals surface area contributed by atoms with Crippen LogP contribution in [0.5, 0.6) is 0 Å². The van der Waals surface area contributed by atoms with Crippen molar-refractivity contribution >= 4 is 43.1 Å². The van der Waals surface area contributed by atoms with E-state index in [1.54, 1.807) is 18.3 Å². The van der Waals surface area contributed by atoms with Crippen molar-refractivity contribution in [1.82, 2.24) is 0 Å². The number of halogens is 1. The molecule has 0 amide bonds. The number of Topliss-reactive ketones (excluding diaryl/α,β-unsaturated/α-hetero) is 1. The first-order valence-corrected chi connectivity index (χ1v) is 5.48. The molecule has 0 bridgehead atoms. The van der Waals surface area contributed by atoms with Crippen molar-refractivity contribution in [2.45, 2.75) is 6.92 Å². The number of rotatable bonds is 1. The zero-order valence-electron chi connectivity index (χ0n) is 7.00. The molecule has 0 N–H and O–H groups in total. The van der Waals surface area contributed by atoms with Gasteiger partial charge in [-0.15, -0.1) is 11.3 Å². The van der Waals surface area contributed by atoms with E-state index < -0.39 is 0 Å². The molecule has 0 aliphatic rings. The number of thiophene rings is 1. The maximum atomic E-state index is 11.3. The highest BCUT2D eigenvalue weighted by Gasteiger charge is 2.07. The topological polar surface area (TPSA) is 17.1 Å². The number of hydrogen-bond donors (Lipinski definition) is 0. The van der Waals surface area contributed by atoms with Crippen molar-refractivity contribution in [3.8, 4) is 0 Å². The van der Waals surface area contributed by atoms with Crippen LogP contribution < -0.4 is 0 Å². The van der Waals surface area contributed by atoms with E-state index in [2.05, 4.69) is 15.9 Å². The lowest BCUT2D eigenvalue weighted by Gasteiger charge is -1.95. The molecule has 0 saturated carbocycles. The molecule has 1 aromatic heterocycles. The third kappa shape index (κ3) is 1.54. The van der Waals surface area contributed by atoms with E-state index in [9.17, 15) is 4.79 Å². The fourth-order valence-electron chi connectivity index (χ4n) is 1.34. The molecule has 66 valence electrons. The van der Waals surface area contributed by atoms with E-state index in [4.69, 9.17) is 0 Å². The van der Waals surface area contributed by atoms with Crippen LogP contribution >= 0.6 is 27.3 Å². The zero-order chi connectivity index (χ0) is 9.42. The lowest BCUT2D eigenvalue weighted by Crippen LogP contribution is -1.90. The molecule has 13 heavy (non-hydrogen) atoms. The first-order chi connectivity index (χ1) is 6.18. The number of fused-ring (bicyclic) bond motifs is 1. The van der Waals surface area contributed by atoms with Gasteiger partial charge in [-0.3, -0.25) is 4.79 Å². The van der Waals surface area contributed by atoms with Crippen molar-refractivity contribution in [2.24, 2.45) is 0 Å². The summed E-state index contributed by atoms with van der Waals surface area (Å²) in [6.45, 7) is 1.60. The second-order valence-electron chi connectivity index (χ2n) is 2.82. The van der Waals surface area contributed by atoms with Gasteiger partial charge < -0.3 is 0 Å². The van der Waals surface area contributed by atoms with Gasteiger partial charge in [0.2, 0.25) is 0 Å². The Morgan fingerprint density at radius 2 is 2.23 bits per heavy atom. The fourth-order valence-corrected chi connectivity index (χ4v) is 2.90. The number of hydrogen-bond acceptors (Lipinski definition) is 2. The van der Waals surface area contributed by atoms with E-state index >= 15 is 0 Å². The van der Waals surface area contributed by atoms with Crippen LogP contribution in [0.1, 0.15) is 17.3 Å². The molecule has 0 saturated heterocycles. The lowest BCUT2D eigenvalue weighted by atomic mass is 10.1. The monoisotopic (exact) mass is 254 g/mol. The molecule has 0 fully saturated rings. The average molecular weight is 255 g/mol. The Morgan fingerprint density at radius 1 is 1.46 bits per heavy atom. The zero-order valence-corrected chi connectivity index (χ0v) is 9.41. The number of benzene rings is 1. The largest absolute Gasteiger partial charge is 0.294 e. The molecule has 0 spiro atoms. The third-order valence-corrected chi connectivity index (χ3v) is 3.51. The molecule has 0 radical (unpaired) electrons. The van der Waals surface area contributed by atoms with Gasteiger partial charge >= 0.3 is 0 Å². The van der Waals surface area contributed by atoms with Crippen LogP contribution in [0.3, 0.4) is 0 Å². The molecule has 1 aromatic carbocycles. The summed E-state index contributed by atoms with van der Waals surface area (Å²) >= 11 is 5.06. The Kier molecular flexibility index (Phi) is 2.22. The lowest BCUT2D eigenvalue weighted by molar-refractivity contribution is 0.101. The summed E-state index contributed by atoms with van der Waals surface area (Å²) in [5.74, 6) is 0.121. The van der Waals surface area contributed by atoms with Gasteiger partial charge in [0.15, 0.2) is 5.78 Å². The third-order valence-electron chi connectivity index (χ3n) is 1.91. The molecular weight excluding hydrogens is 248 g/mol. The molecule has 2 rings (SSSR count). The highest BCUT2D eigenvalue weighted by Crippen LogP contribution is 2.31. The van der Waals surface area contributed by atoms with Crippen molar-refractivity contribution in [2.75, 3.05) is 0 Å². The summed E-state index contributed by atoms with van der Waals surface area (Å²) in [5, 5.41) is 1.05. The Hall–Kier alpha value is -0.670. The van der Waals surface area contributed by atoms with Crippen molar-refractivity contribution in [1.29, 1.82) is 0 Å². The highest BCUT2D eigenvalue weighted by molar-refractivity contribution is 9.11. The minimum atomic E-state index is 0.121. The van der Waals surface area contributed by atoms with E-state index in [-0.39, 0.29) is 5.78 Å². The van der Waals surface area contributed by atoms with Gasteiger partial charge in [-0.1, -0.05) is 12.1 Å². The molecule has 0 aliphatic carbocycles. The summed E-state index contributed by atoms with van der Waals surface area (Å²) in [5.41, 5.74) is 0.805. The predicted octanol–water partition coefficient (Wildman–Crippen LogP) is 3.87. The standard InChI is InChI=1S/C10H7BrOS/c1-6(12)7-3-2-4-9-8(7)5-10(11)13-9/h2-5H,1H3. The summed E-state index contributed by atoms with van der Waals surface area (Å²) in [4.78, 5) is 11.3. The predicted molar refractivity (Wildman–Crippen MR) is 59.5 cm³/mol. The Balaban J connectivity index is 2.82. The van der Waals surface area contributed by atoms with Gasteiger partial charge in [0, 0.05) is 15.6 Å². The van der Waals surface area contributed by atoms with Gasteiger partial charge in [0.05, 0.1) is 3.79 Å². The second kappa shape index (κ2) is 3.24. The smallest absolute Gasteiger partial charge is 0.160 e. The quantitative estimate of drug-likeness (QED) is 0.707. The normalized spacial score (nSPS) is 10.6. The Labute approximate surface area is 88.5 Å². The maximum Gasteiger partial charge on any atom is 0.160 e. The Bertz CT molecular complexity index is 473. The fraction of sp³-hybridized carbons (Fsp3) is 0.100. The van der Waals surface area contributed by atoms with Crippen LogP contribution in [0, 0.1) is 0 Å². The van der Waals surface area contributed by atoms with Gasteiger partial charge in [-0.05, 0) is 35.0 Å². The Morgan fingerprint density at radius 3 is 2.92 bits per heavy atom. The first kappa shape index (κ1) is 8.91. The van der Waals surface area contributed by atoms with E-state index in [1.807, 2.05) is 24.3 Å². The molecule has 0 unspecified atom stereocenters. The number of ketones is 1. The van der Waals surface area contributed by atoms with Crippen LogP contribution in [-0.4, -0.2) is 5.78 Å². The average Bonchev–Trinajstić information content (AvgIpc) is 2.43. The molecule has 2 aromatic rings. The highest BCUT2D eigenvalue weighted by atomic mass is 79.9. The molecule has 3 heteroatoms. The summed E-state index contributed by atoms with van der Waals surface area (Å²) in [6.07, 6.45) is 0. The van der Waals surface area contributed by atoms with Crippen LogP contribution in [-0.2, 0) is 0 Å². The van der Waals surface area contributed by atoms with E-state index in [0.717, 1.165) is 19.4 Å². The second-order valence-corrected chi connectivity index (χ2v) is 5.29. The molecule has 0 aliphatic heterocycles. The maximum absolute atomic E-state index is 11.3. The molecule has 1 heterocycles. The van der Waals surface area contributed by atoms with Crippen molar-refractivity contribution < 1.29 is 4.79 Å². The van der Waals surface area contributed by atoms with E-state index in [0.29, 0.717) is 0 Å². The van der Waals surface area contributed by atoms with Gasteiger partial charge in [0.25, 0.3) is 0 Å². The van der Waals surface area contributed by atoms with Gasteiger partial charge in [-0.2, -0.15) is 0 Å². The van der Waals surface area contributed by atoms with Gasteiger partial charge in [-0.25, -0.2) is 0 Å². The summed E-state index contributed by atoms with van der Waals surface area (Å²) in [7, 11) is 0. The van der Waals surface area contributed by atoms with Crippen LogP contribution in [0.4, 0.5) is 0 Å². The van der Waals surface area contributed by atoms with Crippen LogP contribution in [0.15, 0.2) is 28.1 Å². The van der Waals surface area contributed by atoms with Crippen LogP contribution in [0.2, 0.25) is 0 Å². The molecule has 1 nitrogen and oxygen atoms in total. The first-order valence-electron chi connectivity index (χ1n) is 3.87. The minimum Gasteiger partial charge on any atom is -0.294 e. The van der Waals surface area contributed by atoms with E-state index in [1.165, 1.54) is 0 Å². The minimum absolute atomic E-state index is 0.121. The number of carbonyl (C=O) groups is 1. The number of carbonyl (C=O) groups excluding carboxylic acids is 1. The van der Waals surface area contributed by atoms with Crippen LogP contribution in [0.25, 0.3) is 10.1 Å².